The van der Waals surface area contributed by atoms with Crippen LogP contribution in [0.3, 0.4) is 0 Å². The summed E-state index contributed by atoms with van der Waals surface area (Å²) in [7, 11) is 0. The fourth-order valence-corrected chi connectivity index (χ4v) is 3.56. The number of H-pyrrole nitrogens is 1. The Hall–Kier alpha value is -2.83. The van der Waals surface area contributed by atoms with Crippen LogP contribution in [0.5, 0.6) is 5.75 Å². The molecule has 0 saturated heterocycles. The summed E-state index contributed by atoms with van der Waals surface area (Å²) in [4.78, 5) is 10.4. The third-order valence-corrected chi connectivity index (χ3v) is 5.33. The van der Waals surface area contributed by atoms with Crippen molar-refractivity contribution in [3.8, 4) is 28.4 Å². The number of nitrogens with zero attached hydrogens (tertiary/aromatic N) is 2. The Morgan fingerprint density at radius 3 is 2.17 bits per heavy atom. The number of hydrogen-bond acceptors (Lipinski definition) is 3. The van der Waals surface area contributed by atoms with E-state index in [0.29, 0.717) is 5.56 Å². The second kappa shape index (κ2) is 7.89. The predicted octanol–water partition coefficient (Wildman–Crippen LogP) is 6.12. The van der Waals surface area contributed by atoms with Crippen molar-refractivity contribution in [2.24, 2.45) is 5.92 Å². The molecule has 0 aliphatic heterocycles. The third kappa shape index (κ3) is 4.60. The summed E-state index contributed by atoms with van der Waals surface area (Å²) in [5.74, 6) is 1.77. The molecule has 2 aromatic heterocycles. The second-order valence-corrected chi connectivity index (χ2v) is 7.60. The lowest BCUT2D eigenvalue weighted by Crippen LogP contribution is -2.22. The van der Waals surface area contributed by atoms with Crippen molar-refractivity contribution < 1.29 is 17.9 Å². The van der Waals surface area contributed by atoms with E-state index in [4.69, 9.17) is 4.74 Å². The summed E-state index contributed by atoms with van der Waals surface area (Å²) in [6.07, 6.45) is 2.74. The summed E-state index contributed by atoms with van der Waals surface area (Å²) in [5.41, 5.74) is 1.27. The first-order valence-corrected chi connectivity index (χ1v) is 9.74. The molecule has 4 nitrogen and oxygen atoms in total. The van der Waals surface area contributed by atoms with E-state index < -0.39 is 11.9 Å². The van der Waals surface area contributed by atoms with Crippen LogP contribution in [-0.4, -0.2) is 21.1 Å². The van der Waals surface area contributed by atoms with Crippen LogP contribution in [0.25, 0.3) is 22.6 Å². The molecule has 29 heavy (non-hydrogen) atoms. The molecule has 0 radical (unpaired) electrons. The molecule has 1 aliphatic carbocycles. The summed E-state index contributed by atoms with van der Waals surface area (Å²) in [5, 5.41) is 0. The zero-order chi connectivity index (χ0) is 20.4. The van der Waals surface area contributed by atoms with E-state index in [2.05, 4.69) is 21.9 Å². The number of halogens is 3. The van der Waals surface area contributed by atoms with Gasteiger partial charge >= 0.3 is 6.18 Å². The number of aromatic nitrogens is 3. The highest BCUT2D eigenvalue weighted by atomic mass is 19.4. The Labute approximate surface area is 167 Å². The minimum atomic E-state index is -4.45. The van der Waals surface area contributed by atoms with E-state index in [-0.39, 0.29) is 11.9 Å². The van der Waals surface area contributed by atoms with Crippen LogP contribution in [0.2, 0.25) is 0 Å². The summed E-state index contributed by atoms with van der Waals surface area (Å²) in [6, 6.07) is 11.2. The first kappa shape index (κ1) is 19.5. The Balaban J connectivity index is 1.43. The van der Waals surface area contributed by atoms with Crippen molar-refractivity contribution in [3.05, 3.63) is 54.5 Å². The Morgan fingerprint density at radius 2 is 1.59 bits per heavy atom. The molecule has 1 saturated carbocycles. The van der Waals surface area contributed by atoms with Gasteiger partial charge in [0.2, 0.25) is 0 Å². The standard InChI is InChI=1S/C22H22F3N3O/c1-14-2-7-17(8-3-14)29-18-9-4-15(5-10-18)19-11-6-16(12-26-19)21-27-13-20(28-21)22(23,24)25/h4-6,9-14,17H,2-3,7-8H2,1H3,(H,27,28). The monoisotopic (exact) mass is 401 g/mol. The average molecular weight is 401 g/mol. The lowest BCUT2D eigenvalue weighted by atomic mass is 9.89. The topological polar surface area (TPSA) is 50.8 Å². The SMILES string of the molecule is CC1CCC(Oc2ccc(-c3ccc(-c4ncc(C(F)(F)F)[nH]4)cn3)cc2)CC1. The highest BCUT2D eigenvalue weighted by Gasteiger charge is 2.33. The number of benzene rings is 1. The van der Waals surface area contributed by atoms with Gasteiger partial charge in [0.15, 0.2) is 0 Å². The van der Waals surface area contributed by atoms with E-state index in [1.807, 2.05) is 24.3 Å². The van der Waals surface area contributed by atoms with Gasteiger partial charge in [-0.2, -0.15) is 13.2 Å². The van der Waals surface area contributed by atoms with Gasteiger partial charge in [0.25, 0.3) is 0 Å². The van der Waals surface area contributed by atoms with Gasteiger partial charge in [-0.1, -0.05) is 6.92 Å². The van der Waals surface area contributed by atoms with Crippen molar-refractivity contribution in [3.63, 3.8) is 0 Å². The summed E-state index contributed by atoms with van der Waals surface area (Å²) < 4.78 is 44.2. The normalized spacial score (nSPS) is 19.9. The molecule has 1 N–H and O–H groups in total. The maximum atomic E-state index is 12.7. The van der Waals surface area contributed by atoms with Gasteiger partial charge in [0.05, 0.1) is 18.0 Å². The molecule has 4 rings (SSSR count). The van der Waals surface area contributed by atoms with Gasteiger partial charge in [-0.3, -0.25) is 4.98 Å². The zero-order valence-corrected chi connectivity index (χ0v) is 16.0. The van der Waals surface area contributed by atoms with Crippen LogP contribution in [-0.2, 0) is 6.18 Å². The molecule has 0 atom stereocenters. The van der Waals surface area contributed by atoms with E-state index in [1.165, 1.54) is 19.0 Å². The number of aromatic amines is 1. The summed E-state index contributed by atoms with van der Waals surface area (Å²) >= 11 is 0. The third-order valence-electron chi connectivity index (χ3n) is 5.33. The van der Waals surface area contributed by atoms with Gasteiger partial charge in [-0.05, 0) is 68.0 Å². The molecule has 0 unspecified atom stereocenters. The molecule has 0 spiro atoms. The number of rotatable bonds is 4. The van der Waals surface area contributed by atoms with E-state index in [9.17, 15) is 13.2 Å². The lowest BCUT2D eigenvalue weighted by Gasteiger charge is -2.26. The molecule has 1 fully saturated rings. The van der Waals surface area contributed by atoms with Crippen molar-refractivity contribution in [1.82, 2.24) is 15.0 Å². The predicted molar refractivity (Wildman–Crippen MR) is 104 cm³/mol. The first-order valence-electron chi connectivity index (χ1n) is 9.74. The fourth-order valence-electron chi connectivity index (χ4n) is 3.56. The Bertz CT molecular complexity index is 941. The number of hydrogen-bond donors (Lipinski definition) is 1. The second-order valence-electron chi connectivity index (χ2n) is 7.60. The molecule has 7 heteroatoms. The van der Waals surface area contributed by atoms with Crippen LogP contribution in [0.1, 0.15) is 38.3 Å². The van der Waals surface area contributed by atoms with Crippen molar-refractivity contribution in [2.75, 3.05) is 0 Å². The van der Waals surface area contributed by atoms with Crippen molar-refractivity contribution in [1.29, 1.82) is 0 Å². The number of ether oxygens (including phenoxy) is 1. The minimum Gasteiger partial charge on any atom is -0.490 e. The number of alkyl halides is 3. The zero-order valence-electron chi connectivity index (χ0n) is 16.0. The van der Waals surface area contributed by atoms with Crippen LogP contribution < -0.4 is 4.74 Å². The molecule has 1 aliphatic rings. The van der Waals surface area contributed by atoms with Gasteiger partial charge in [-0.15, -0.1) is 0 Å². The fraction of sp³-hybridized carbons (Fsp3) is 0.364. The van der Waals surface area contributed by atoms with Crippen molar-refractivity contribution >= 4 is 0 Å². The van der Waals surface area contributed by atoms with Crippen LogP contribution >= 0.6 is 0 Å². The highest BCUT2D eigenvalue weighted by Crippen LogP contribution is 2.30. The molecule has 3 aromatic rings. The maximum absolute atomic E-state index is 12.7. The molecular weight excluding hydrogens is 379 g/mol. The molecular formula is C22H22F3N3O. The number of imidazole rings is 1. The van der Waals surface area contributed by atoms with Crippen LogP contribution in [0, 0.1) is 5.92 Å². The van der Waals surface area contributed by atoms with Gasteiger partial charge < -0.3 is 9.72 Å². The Morgan fingerprint density at radius 1 is 0.897 bits per heavy atom. The lowest BCUT2D eigenvalue weighted by molar-refractivity contribution is -0.140. The number of nitrogens with one attached hydrogen (secondary N) is 1. The number of pyridine rings is 1. The van der Waals surface area contributed by atoms with E-state index in [0.717, 1.165) is 42.0 Å². The Kier molecular flexibility index (Phi) is 5.30. The van der Waals surface area contributed by atoms with Crippen LogP contribution in [0.4, 0.5) is 13.2 Å². The van der Waals surface area contributed by atoms with E-state index in [1.54, 1.807) is 12.1 Å². The average Bonchev–Trinajstić information content (AvgIpc) is 3.21. The smallest absolute Gasteiger partial charge is 0.432 e. The molecule has 152 valence electrons. The quantitative estimate of drug-likeness (QED) is 0.573. The molecule has 2 heterocycles. The van der Waals surface area contributed by atoms with Crippen molar-refractivity contribution in [2.45, 2.75) is 44.9 Å². The molecule has 0 bridgehead atoms. The molecule has 0 amide bonds. The largest absolute Gasteiger partial charge is 0.490 e. The van der Waals surface area contributed by atoms with Gasteiger partial charge in [-0.25, -0.2) is 4.98 Å². The van der Waals surface area contributed by atoms with Crippen LogP contribution in [0.15, 0.2) is 48.8 Å². The van der Waals surface area contributed by atoms with Gasteiger partial charge in [0, 0.05) is 17.3 Å². The highest BCUT2D eigenvalue weighted by molar-refractivity contribution is 5.63. The first-order chi connectivity index (χ1) is 13.9. The van der Waals surface area contributed by atoms with Gasteiger partial charge in [0.1, 0.15) is 17.3 Å². The van der Waals surface area contributed by atoms with E-state index >= 15 is 0 Å². The molecule has 1 aromatic carbocycles. The minimum absolute atomic E-state index is 0.141. The maximum Gasteiger partial charge on any atom is 0.432 e. The summed E-state index contributed by atoms with van der Waals surface area (Å²) in [6.45, 7) is 2.28.